The maximum absolute atomic E-state index is 9.57. The van der Waals surface area contributed by atoms with Crippen molar-refractivity contribution in [1.29, 1.82) is 0 Å². The van der Waals surface area contributed by atoms with Crippen LogP contribution in [0, 0.1) is 0 Å². The van der Waals surface area contributed by atoms with Gasteiger partial charge in [0.15, 0.2) is 0 Å². The number of benzene rings is 1. The standard InChI is InChI=1S/C17H23N3O/c1-14-3-2-4-17(12-21)20(14)11-15-5-7-16(8-6-15)19-10-9-18-13-19/h5-10,13-14,17,21H,2-4,11-12H2,1H3. The Bertz CT molecular complexity index is 550. The fourth-order valence-electron chi connectivity index (χ4n) is 3.22. The van der Waals surface area contributed by atoms with Gasteiger partial charge in [0.05, 0.1) is 12.9 Å². The summed E-state index contributed by atoms with van der Waals surface area (Å²) in [5, 5.41) is 9.57. The molecule has 2 heterocycles. The van der Waals surface area contributed by atoms with Crippen molar-refractivity contribution in [2.75, 3.05) is 6.61 Å². The van der Waals surface area contributed by atoms with Gasteiger partial charge in [0, 0.05) is 36.7 Å². The summed E-state index contributed by atoms with van der Waals surface area (Å²) in [4.78, 5) is 6.51. The summed E-state index contributed by atoms with van der Waals surface area (Å²) in [6, 6.07) is 9.45. The van der Waals surface area contributed by atoms with Crippen LogP contribution in [0.25, 0.3) is 5.69 Å². The van der Waals surface area contributed by atoms with Gasteiger partial charge in [-0.15, -0.1) is 0 Å². The number of hydrogen-bond acceptors (Lipinski definition) is 3. The van der Waals surface area contributed by atoms with E-state index in [1.54, 1.807) is 6.20 Å². The van der Waals surface area contributed by atoms with E-state index < -0.39 is 0 Å². The van der Waals surface area contributed by atoms with Gasteiger partial charge in [0.25, 0.3) is 0 Å². The molecule has 2 aromatic rings. The summed E-state index contributed by atoms with van der Waals surface area (Å²) < 4.78 is 2.00. The molecule has 1 fully saturated rings. The Hall–Kier alpha value is -1.65. The molecule has 1 aromatic carbocycles. The third-order valence-electron chi connectivity index (χ3n) is 4.51. The quantitative estimate of drug-likeness (QED) is 0.939. The molecular weight excluding hydrogens is 262 g/mol. The van der Waals surface area contributed by atoms with Gasteiger partial charge in [0.2, 0.25) is 0 Å². The third-order valence-corrected chi connectivity index (χ3v) is 4.51. The lowest BCUT2D eigenvalue weighted by Crippen LogP contribution is -2.46. The van der Waals surface area contributed by atoms with E-state index in [1.165, 1.54) is 18.4 Å². The molecule has 1 aromatic heterocycles. The average molecular weight is 285 g/mol. The number of aromatic nitrogens is 2. The average Bonchev–Trinajstić information content (AvgIpc) is 3.04. The van der Waals surface area contributed by atoms with Crippen LogP contribution in [0.1, 0.15) is 31.7 Å². The Morgan fingerprint density at radius 3 is 2.71 bits per heavy atom. The smallest absolute Gasteiger partial charge is 0.0991 e. The van der Waals surface area contributed by atoms with E-state index in [2.05, 4.69) is 41.1 Å². The zero-order chi connectivity index (χ0) is 14.7. The van der Waals surface area contributed by atoms with Crippen molar-refractivity contribution in [3.8, 4) is 5.69 Å². The van der Waals surface area contributed by atoms with E-state index in [1.807, 2.05) is 17.1 Å². The highest BCUT2D eigenvalue weighted by molar-refractivity contribution is 5.34. The number of imidazole rings is 1. The number of likely N-dealkylation sites (tertiary alicyclic amines) is 1. The molecule has 4 heteroatoms. The number of rotatable bonds is 4. The minimum absolute atomic E-state index is 0.261. The molecule has 1 aliphatic heterocycles. The topological polar surface area (TPSA) is 41.3 Å². The predicted octanol–water partition coefficient (Wildman–Crippen LogP) is 2.61. The number of hydrogen-bond donors (Lipinski definition) is 1. The first-order chi connectivity index (χ1) is 10.3. The van der Waals surface area contributed by atoms with Crippen LogP contribution >= 0.6 is 0 Å². The SMILES string of the molecule is CC1CCCC(CO)N1Cc1ccc(-n2ccnc2)cc1. The molecular formula is C17H23N3O. The van der Waals surface area contributed by atoms with Crippen molar-refractivity contribution in [2.45, 2.75) is 44.8 Å². The molecule has 0 radical (unpaired) electrons. The zero-order valence-corrected chi connectivity index (χ0v) is 12.5. The molecule has 4 nitrogen and oxygen atoms in total. The van der Waals surface area contributed by atoms with Gasteiger partial charge >= 0.3 is 0 Å². The monoisotopic (exact) mass is 285 g/mol. The van der Waals surface area contributed by atoms with Crippen LogP contribution in [-0.4, -0.2) is 38.2 Å². The van der Waals surface area contributed by atoms with Gasteiger partial charge in [-0.2, -0.15) is 0 Å². The first kappa shape index (κ1) is 14.3. The largest absolute Gasteiger partial charge is 0.395 e. The third kappa shape index (κ3) is 3.17. The Kier molecular flexibility index (Phi) is 4.36. The molecule has 21 heavy (non-hydrogen) atoms. The summed E-state index contributed by atoms with van der Waals surface area (Å²) >= 11 is 0. The highest BCUT2D eigenvalue weighted by atomic mass is 16.3. The van der Waals surface area contributed by atoms with E-state index in [9.17, 15) is 5.11 Å². The maximum Gasteiger partial charge on any atom is 0.0991 e. The molecule has 3 rings (SSSR count). The van der Waals surface area contributed by atoms with Crippen LogP contribution in [0.4, 0.5) is 0 Å². The normalized spacial score (nSPS) is 23.3. The lowest BCUT2D eigenvalue weighted by Gasteiger charge is -2.40. The van der Waals surface area contributed by atoms with Crippen molar-refractivity contribution < 1.29 is 5.11 Å². The minimum Gasteiger partial charge on any atom is -0.395 e. The second-order valence-electron chi connectivity index (χ2n) is 5.93. The molecule has 0 saturated carbocycles. The molecule has 0 bridgehead atoms. The summed E-state index contributed by atoms with van der Waals surface area (Å²) in [6.07, 6.45) is 9.10. The van der Waals surface area contributed by atoms with Crippen LogP contribution in [0.3, 0.4) is 0 Å². The van der Waals surface area contributed by atoms with Gasteiger partial charge in [-0.05, 0) is 37.5 Å². The van der Waals surface area contributed by atoms with E-state index in [0.29, 0.717) is 12.1 Å². The van der Waals surface area contributed by atoms with Crippen molar-refractivity contribution in [3.63, 3.8) is 0 Å². The van der Waals surface area contributed by atoms with Crippen LogP contribution in [-0.2, 0) is 6.54 Å². The van der Waals surface area contributed by atoms with Crippen LogP contribution < -0.4 is 0 Å². The fourth-order valence-corrected chi connectivity index (χ4v) is 3.22. The van der Waals surface area contributed by atoms with Crippen molar-refractivity contribution in [3.05, 3.63) is 48.5 Å². The van der Waals surface area contributed by atoms with Crippen molar-refractivity contribution in [1.82, 2.24) is 14.5 Å². The van der Waals surface area contributed by atoms with Crippen LogP contribution in [0.15, 0.2) is 43.0 Å². The summed E-state index contributed by atoms with van der Waals surface area (Å²) in [6.45, 7) is 3.44. The summed E-state index contributed by atoms with van der Waals surface area (Å²) in [7, 11) is 0. The molecule has 1 saturated heterocycles. The second-order valence-corrected chi connectivity index (χ2v) is 5.93. The first-order valence-electron chi connectivity index (χ1n) is 7.72. The Morgan fingerprint density at radius 1 is 1.24 bits per heavy atom. The van der Waals surface area contributed by atoms with Crippen LogP contribution in [0.5, 0.6) is 0 Å². The summed E-state index contributed by atoms with van der Waals surface area (Å²) in [5.74, 6) is 0. The predicted molar refractivity (Wildman–Crippen MR) is 83.3 cm³/mol. The Balaban J connectivity index is 1.72. The number of nitrogens with zero attached hydrogens (tertiary/aromatic N) is 3. The first-order valence-corrected chi connectivity index (χ1v) is 7.72. The van der Waals surface area contributed by atoms with Crippen molar-refractivity contribution >= 4 is 0 Å². The molecule has 0 aliphatic carbocycles. The zero-order valence-electron chi connectivity index (χ0n) is 12.5. The minimum atomic E-state index is 0.261. The number of aliphatic hydroxyl groups excluding tert-OH is 1. The molecule has 2 unspecified atom stereocenters. The van der Waals surface area contributed by atoms with E-state index >= 15 is 0 Å². The number of piperidine rings is 1. The lowest BCUT2D eigenvalue weighted by molar-refractivity contribution is 0.0452. The highest BCUT2D eigenvalue weighted by Gasteiger charge is 2.27. The molecule has 1 aliphatic rings. The van der Waals surface area contributed by atoms with Gasteiger partial charge < -0.3 is 9.67 Å². The Labute approximate surface area is 126 Å². The molecule has 0 spiro atoms. The summed E-state index contributed by atoms with van der Waals surface area (Å²) in [5.41, 5.74) is 2.42. The Morgan fingerprint density at radius 2 is 2.05 bits per heavy atom. The van der Waals surface area contributed by atoms with Crippen LogP contribution in [0.2, 0.25) is 0 Å². The van der Waals surface area contributed by atoms with E-state index in [-0.39, 0.29) is 6.61 Å². The molecule has 1 N–H and O–H groups in total. The fraction of sp³-hybridized carbons (Fsp3) is 0.471. The van der Waals surface area contributed by atoms with Gasteiger partial charge in [-0.1, -0.05) is 18.6 Å². The van der Waals surface area contributed by atoms with Gasteiger partial charge in [0.1, 0.15) is 0 Å². The maximum atomic E-state index is 9.57. The molecule has 112 valence electrons. The second kappa shape index (κ2) is 6.41. The lowest BCUT2D eigenvalue weighted by atomic mass is 9.96. The molecule has 0 amide bonds. The van der Waals surface area contributed by atoms with E-state index in [0.717, 1.165) is 18.7 Å². The van der Waals surface area contributed by atoms with E-state index in [4.69, 9.17) is 0 Å². The van der Waals surface area contributed by atoms with Gasteiger partial charge in [-0.25, -0.2) is 4.98 Å². The highest BCUT2D eigenvalue weighted by Crippen LogP contribution is 2.25. The molecule has 2 atom stereocenters. The van der Waals surface area contributed by atoms with Gasteiger partial charge in [-0.3, -0.25) is 4.90 Å². The van der Waals surface area contributed by atoms with Crippen molar-refractivity contribution in [2.24, 2.45) is 0 Å². The number of aliphatic hydroxyl groups is 1.